The van der Waals surface area contributed by atoms with Gasteiger partial charge >= 0.3 is 0 Å². The van der Waals surface area contributed by atoms with Gasteiger partial charge in [0.15, 0.2) is 23.0 Å². The Kier molecular flexibility index (Phi) is 4.74. The first-order valence-corrected chi connectivity index (χ1v) is 8.55. The van der Waals surface area contributed by atoms with Crippen molar-refractivity contribution in [1.82, 2.24) is 5.32 Å². The Hall–Kier alpha value is -3.35. The SMILES string of the molecule is COc1cc(C=CC(=O)NCc2ccc3c(c2)OCO3)cc2c1OCCO2. The smallest absolute Gasteiger partial charge is 0.244 e. The van der Waals surface area contributed by atoms with Gasteiger partial charge in [-0.15, -0.1) is 0 Å². The van der Waals surface area contributed by atoms with Crippen molar-refractivity contribution >= 4 is 12.0 Å². The molecule has 7 heteroatoms. The molecule has 1 N–H and O–H groups in total. The normalized spacial score (nSPS) is 14.3. The molecule has 2 aliphatic heterocycles. The van der Waals surface area contributed by atoms with Gasteiger partial charge in [-0.25, -0.2) is 0 Å². The molecule has 0 radical (unpaired) electrons. The van der Waals surface area contributed by atoms with Crippen LogP contribution in [-0.4, -0.2) is 33.0 Å². The van der Waals surface area contributed by atoms with E-state index in [1.807, 2.05) is 24.3 Å². The summed E-state index contributed by atoms with van der Waals surface area (Å²) in [6.45, 7) is 1.59. The average Bonchev–Trinajstić information content (AvgIpc) is 3.18. The van der Waals surface area contributed by atoms with Crippen LogP contribution in [0.2, 0.25) is 0 Å². The predicted molar refractivity (Wildman–Crippen MR) is 97.4 cm³/mol. The van der Waals surface area contributed by atoms with Crippen LogP contribution in [0.5, 0.6) is 28.7 Å². The molecule has 2 heterocycles. The Labute approximate surface area is 156 Å². The van der Waals surface area contributed by atoms with E-state index in [1.54, 1.807) is 19.3 Å². The molecule has 2 aliphatic rings. The third-order valence-electron chi connectivity index (χ3n) is 4.18. The van der Waals surface area contributed by atoms with E-state index < -0.39 is 0 Å². The van der Waals surface area contributed by atoms with Crippen LogP contribution in [-0.2, 0) is 11.3 Å². The van der Waals surface area contributed by atoms with Crippen LogP contribution < -0.4 is 29.0 Å². The van der Waals surface area contributed by atoms with Crippen LogP contribution in [0.15, 0.2) is 36.4 Å². The molecule has 0 aliphatic carbocycles. The van der Waals surface area contributed by atoms with Gasteiger partial charge in [0, 0.05) is 12.6 Å². The second kappa shape index (κ2) is 7.49. The lowest BCUT2D eigenvalue weighted by atomic mass is 10.1. The van der Waals surface area contributed by atoms with E-state index >= 15 is 0 Å². The van der Waals surface area contributed by atoms with Crippen molar-refractivity contribution < 1.29 is 28.5 Å². The zero-order valence-corrected chi connectivity index (χ0v) is 14.8. The number of methoxy groups -OCH3 is 1. The maximum Gasteiger partial charge on any atom is 0.244 e. The quantitative estimate of drug-likeness (QED) is 0.817. The molecule has 0 bridgehead atoms. The van der Waals surface area contributed by atoms with Crippen LogP contribution in [0.4, 0.5) is 0 Å². The first kappa shape index (κ1) is 17.1. The van der Waals surface area contributed by atoms with Crippen LogP contribution in [0.1, 0.15) is 11.1 Å². The number of carbonyl (C=O) groups is 1. The minimum Gasteiger partial charge on any atom is -0.493 e. The maximum absolute atomic E-state index is 12.1. The van der Waals surface area contributed by atoms with Gasteiger partial charge in [0.05, 0.1) is 7.11 Å². The molecule has 0 spiro atoms. The summed E-state index contributed by atoms with van der Waals surface area (Å²) in [6.07, 6.45) is 3.17. The highest BCUT2D eigenvalue weighted by atomic mass is 16.7. The summed E-state index contributed by atoms with van der Waals surface area (Å²) in [4.78, 5) is 12.1. The fraction of sp³-hybridized carbons (Fsp3) is 0.250. The number of carbonyl (C=O) groups excluding carboxylic acids is 1. The fourth-order valence-electron chi connectivity index (χ4n) is 2.86. The lowest BCUT2D eigenvalue weighted by Gasteiger charge is -2.20. The van der Waals surface area contributed by atoms with Crippen molar-refractivity contribution in [3.8, 4) is 28.7 Å². The first-order valence-electron chi connectivity index (χ1n) is 8.55. The third-order valence-corrected chi connectivity index (χ3v) is 4.18. The Morgan fingerprint density at radius 2 is 1.93 bits per heavy atom. The molecule has 0 atom stereocenters. The second-order valence-electron chi connectivity index (χ2n) is 5.99. The van der Waals surface area contributed by atoms with Crippen LogP contribution in [0.25, 0.3) is 6.08 Å². The van der Waals surface area contributed by atoms with Gasteiger partial charge in [-0.1, -0.05) is 6.07 Å². The molecule has 2 aromatic rings. The number of hydrogen-bond acceptors (Lipinski definition) is 6. The zero-order valence-electron chi connectivity index (χ0n) is 14.8. The van der Waals surface area contributed by atoms with E-state index in [4.69, 9.17) is 23.7 Å². The highest BCUT2D eigenvalue weighted by molar-refractivity contribution is 5.91. The van der Waals surface area contributed by atoms with Gasteiger partial charge in [0.1, 0.15) is 13.2 Å². The predicted octanol–water partition coefficient (Wildman–Crippen LogP) is 2.52. The topological polar surface area (TPSA) is 75.3 Å². The van der Waals surface area contributed by atoms with E-state index in [0.717, 1.165) is 16.9 Å². The molecule has 0 aromatic heterocycles. The van der Waals surface area contributed by atoms with E-state index in [0.29, 0.717) is 42.8 Å². The number of rotatable bonds is 5. The zero-order chi connectivity index (χ0) is 18.6. The number of fused-ring (bicyclic) bond motifs is 2. The Morgan fingerprint density at radius 1 is 1.07 bits per heavy atom. The Bertz CT molecular complexity index is 875. The molecule has 7 nitrogen and oxygen atoms in total. The molecule has 27 heavy (non-hydrogen) atoms. The van der Waals surface area contributed by atoms with E-state index in [-0.39, 0.29) is 12.7 Å². The van der Waals surface area contributed by atoms with Gasteiger partial charge in [-0.05, 0) is 41.5 Å². The molecule has 1 amide bonds. The van der Waals surface area contributed by atoms with Crippen molar-refractivity contribution in [3.05, 3.63) is 47.5 Å². The lowest BCUT2D eigenvalue weighted by Crippen LogP contribution is -2.20. The summed E-state index contributed by atoms with van der Waals surface area (Å²) in [7, 11) is 1.57. The number of benzene rings is 2. The van der Waals surface area contributed by atoms with Crippen molar-refractivity contribution in [2.24, 2.45) is 0 Å². The monoisotopic (exact) mass is 369 g/mol. The molecular formula is C20H19NO6. The van der Waals surface area contributed by atoms with Crippen molar-refractivity contribution in [3.63, 3.8) is 0 Å². The standard InChI is InChI=1S/C20H19NO6/c1-23-17-8-13(9-18-20(17)25-7-6-24-18)3-5-19(22)21-11-14-2-4-15-16(10-14)27-12-26-15/h2-5,8-10H,6-7,11-12H2,1H3,(H,21,22). The highest BCUT2D eigenvalue weighted by Gasteiger charge is 2.18. The molecule has 0 fully saturated rings. The van der Waals surface area contributed by atoms with Gasteiger partial charge in [0.2, 0.25) is 18.4 Å². The highest BCUT2D eigenvalue weighted by Crippen LogP contribution is 2.40. The van der Waals surface area contributed by atoms with Gasteiger partial charge in [0.25, 0.3) is 0 Å². The lowest BCUT2D eigenvalue weighted by molar-refractivity contribution is -0.116. The Balaban J connectivity index is 1.40. The summed E-state index contributed by atoms with van der Waals surface area (Å²) < 4.78 is 27.1. The molecule has 0 unspecified atom stereocenters. The summed E-state index contributed by atoms with van der Waals surface area (Å²) in [5.41, 5.74) is 1.72. The fourth-order valence-corrected chi connectivity index (χ4v) is 2.86. The van der Waals surface area contributed by atoms with Gasteiger partial charge in [-0.3, -0.25) is 4.79 Å². The second-order valence-corrected chi connectivity index (χ2v) is 5.99. The van der Waals surface area contributed by atoms with Crippen molar-refractivity contribution in [1.29, 1.82) is 0 Å². The number of nitrogens with one attached hydrogen (secondary N) is 1. The summed E-state index contributed by atoms with van der Waals surface area (Å²) in [5.74, 6) is 2.99. The van der Waals surface area contributed by atoms with Gasteiger partial charge < -0.3 is 29.0 Å². The van der Waals surface area contributed by atoms with Crippen molar-refractivity contribution in [2.45, 2.75) is 6.54 Å². The Morgan fingerprint density at radius 3 is 2.81 bits per heavy atom. The van der Waals surface area contributed by atoms with Crippen molar-refractivity contribution in [2.75, 3.05) is 27.1 Å². The van der Waals surface area contributed by atoms with E-state index in [2.05, 4.69) is 5.32 Å². The molecule has 0 saturated heterocycles. The number of hydrogen-bond donors (Lipinski definition) is 1. The van der Waals surface area contributed by atoms with Gasteiger partial charge in [-0.2, -0.15) is 0 Å². The maximum atomic E-state index is 12.1. The number of ether oxygens (including phenoxy) is 5. The minimum atomic E-state index is -0.207. The van der Waals surface area contributed by atoms with Crippen LogP contribution in [0, 0.1) is 0 Å². The van der Waals surface area contributed by atoms with E-state index in [1.165, 1.54) is 6.08 Å². The first-order chi connectivity index (χ1) is 13.2. The molecule has 2 aromatic carbocycles. The summed E-state index contributed by atoms with van der Waals surface area (Å²) in [6, 6.07) is 9.20. The molecule has 4 rings (SSSR count). The molecular weight excluding hydrogens is 350 g/mol. The molecule has 0 saturated carbocycles. The third kappa shape index (κ3) is 3.76. The van der Waals surface area contributed by atoms with E-state index in [9.17, 15) is 4.79 Å². The number of amides is 1. The largest absolute Gasteiger partial charge is 0.493 e. The summed E-state index contributed by atoms with van der Waals surface area (Å²) in [5, 5.41) is 2.84. The minimum absolute atomic E-state index is 0.207. The summed E-state index contributed by atoms with van der Waals surface area (Å²) >= 11 is 0. The average molecular weight is 369 g/mol. The molecule has 140 valence electrons. The van der Waals surface area contributed by atoms with Crippen LogP contribution >= 0.6 is 0 Å². The van der Waals surface area contributed by atoms with Crippen LogP contribution in [0.3, 0.4) is 0 Å².